The van der Waals surface area contributed by atoms with Crippen LogP contribution in [0.4, 0.5) is 0 Å². The molecule has 0 bridgehead atoms. The molecule has 3 aliphatic rings. The molecule has 1 atom stereocenters. The summed E-state index contributed by atoms with van der Waals surface area (Å²) in [5.41, 5.74) is 0. The van der Waals surface area contributed by atoms with Gasteiger partial charge in [-0.05, 0) is 37.5 Å². The van der Waals surface area contributed by atoms with Crippen LogP contribution in [0, 0.1) is 11.8 Å². The maximum Gasteiger partial charge on any atom is 0.0223 e. The highest BCUT2D eigenvalue weighted by Gasteiger charge is 2.29. The summed E-state index contributed by atoms with van der Waals surface area (Å²) >= 11 is 0. The predicted octanol–water partition coefficient (Wildman–Crippen LogP) is 3.03. The normalized spacial score (nSPS) is 33.0. The van der Waals surface area contributed by atoms with E-state index in [-0.39, 0.29) is 0 Å². The van der Waals surface area contributed by atoms with Crippen molar-refractivity contribution in [3.05, 3.63) is 0 Å². The summed E-state index contributed by atoms with van der Waals surface area (Å²) in [7, 11) is 0. The average molecular weight is 250 g/mol. The molecule has 1 heterocycles. The summed E-state index contributed by atoms with van der Waals surface area (Å²) in [4.78, 5) is 2.77. The zero-order valence-corrected chi connectivity index (χ0v) is 11.9. The Morgan fingerprint density at radius 3 is 2.39 bits per heavy atom. The SMILES string of the molecule is C1CCC(C2CN(CC3CCCC3)CCN2)CC1. The fraction of sp³-hybridized carbons (Fsp3) is 1.00. The molecule has 0 spiro atoms. The van der Waals surface area contributed by atoms with Crippen LogP contribution >= 0.6 is 0 Å². The smallest absolute Gasteiger partial charge is 0.0223 e. The summed E-state index contributed by atoms with van der Waals surface area (Å²) in [6, 6.07) is 0.806. The zero-order chi connectivity index (χ0) is 12.2. The molecule has 1 N–H and O–H groups in total. The Bertz CT molecular complexity index is 241. The molecular weight excluding hydrogens is 220 g/mol. The second-order valence-electron chi connectivity index (χ2n) is 6.87. The third kappa shape index (κ3) is 3.27. The van der Waals surface area contributed by atoms with Crippen LogP contribution in [-0.4, -0.2) is 37.1 Å². The van der Waals surface area contributed by atoms with Crippen LogP contribution in [0.25, 0.3) is 0 Å². The molecule has 1 unspecified atom stereocenters. The Morgan fingerprint density at radius 2 is 1.61 bits per heavy atom. The molecule has 0 aromatic rings. The van der Waals surface area contributed by atoms with E-state index in [0.29, 0.717) is 0 Å². The van der Waals surface area contributed by atoms with Crippen molar-refractivity contribution in [2.75, 3.05) is 26.2 Å². The highest BCUT2D eigenvalue weighted by atomic mass is 15.2. The molecule has 104 valence electrons. The molecule has 0 radical (unpaired) electrons. The predicted molar refractivity (Wildman–Crippen MR) is 76.8 cm³/mol. The molecule has 2 aliphatic carbocycles. The topological polar surface area (TPSA) is 15.3 Å². The van der Waals surface area contributed by atoms with Gasteiger partial charge in [0.05, 0.1) is 0 Å². The van der Waals surface area contributed by atoms with E-state index < -0.39 is 0 Å². The summed E-state index contributed by atoms with van der Waals surface area (Å²) in [6.07, 6.45) is 13.4. The largest absolute Gasteiger partial charge is 0.311 e. The van der Waals surface area contributed by atoms with Gasteiger partial charge in [0, 0.05) is 32.2 Å². The molecule has 1 saturated heterocycles. The summed E-state index contributed by atoms with van der Waals surface area (Å²) < 4.78 is 0. The lowest BCUT2D eigenvalue weighted by Crippen LogP contribution is -2.54. The van der Waals surface area contributed by atoms with Crippen LogP contribution in [0.1, 0.15) is 57.8 Å². The van der Waals surface area contributed by atoms with E-state index in [4.69, 9.17) is 0 Å². The lowest BCUT2D eigenvalue weighted by Gasteiger charge is -2.40. The van der Waals surface area contributed by atoms with Gasteiger partial charge in [0.25, 0.3) is 0 Å². The molecule has 0 amide bonds. The molecule has 2 heteroatoms. The van der Waals surface area contributed by atoms with Crippen molar-refractivity contribution in [2.24, 2.45) is 11.8 Å². The molecule has 0 aromatic carbocycles. The first-order valence-electron chi connectivity index (χ1n) is 8.37. The summed E-state index contributed by atoms with van der Waals surface area (Å²) in [6.45, 7) is 5.25. The van der Waals surface area contributed by atoms with Crippen LogP contribution in [0.2, 0.25) is 0 Å². The molecule has 1 aliphatic heterocycles. The lowest BCUT2D eigenvalue weighted by molar-refractivity contribution is 0.131. The van der Waals surface area contributed by atoms with Crippen molar-refractivity contribution in [1.29, 1.82) is 0 Å². The van der Waals surface area contributed by atoms with Gasteiger partial charge in [-0.3, -0.25) is 0 Å². The van der Waals surface area contributed by atoms with Gasteiger partial charge in [-0.2, -0.15) is 0 Å². The maximum absolute atomic E-state index is 3.80. The van der Waals surface area contributed by atoms with Gasteiger partial charge in [0.2, 0.25) is 0 Å². The minimum absolute atomic E-state index is 0.806. The molecule has 2 nitrogen and oxygen atoms in total. The van der Waals surface area contributed by atoms with E-state index in [1.807, 2.05) is 0 Å². The van der Waals surface area contributed by atoms with Crippen LogP contribution < -0.4 is 5.32 Å². The average Bonchev–Trinajstić information content (AvgIpc) is 2.93. The van der Waals surface area contributed by atoms with Gasteiger partial charge in [0.15, 0.2) is 0 Å². The highest BCUT2D eigenvalue weighted by molar-refractivity contribution is 4.87. The van der Waals surface area contributed by atoms with Gasteiger partial charge < -0.3 is 10.2 Å². The van der Waals surface area contributed by atoms with E-state index >= 15 is 0 Å². The number of hydrogen-bond acceptors (Lipinski definition) is 2. The molecular formula is C16H30N2. The fourth-order valence-electron chi connectivity index (χ4n) is 4.42. The van der Waals surface area contributed by atoms with Crippen LogP contribution in [-0.2, 0) is 0 Å². The Labute approximate surface area is 113 Å². The van der Waals surface area contributed by atoms with Crippen molar-refractivity contribution >= 4 is 0 Å². The van der Waals surface area contributed by atoms with Crippen molar-refractivity contribution < 1.29 is 0 Å². The van der Waals surface area contributed by atoms with E-state index in [0.717, 1.165) is 17.9 Å². The van der Waals surface area contributed by atoms with Crippen molar-refractivity contribution in [2.45, 2.75) is 63.8 Å². The van der Waals surface area contributed by atoms with Crippen LogP contribution in [0.5, 0.6) is 0 Å². The van der Waals surface area contributed by atoms with Gasteiger partial charge in [-0.15, -0.1) is 0 Å². The highest BCUT2D eigenvalue weighted by Crippen LogP contribution is 2.29. The van der Waals surface area contributed by atoms with Crippen LogP contribution in [0.3, 0.4) is 0 Å². The third-order valence-electron chi connectivity index (χ3n) is 5.50. The van der Waals surface area contributed by atoms with Gasteiger partial charge in [0.1, 0.15) is 0 Å². The van der Waals surface area contributed by atoms with Crippen molar-refractivity contribution in [3.8, 4) is 0 Å². The molecule has 0 aromatic heterocycles. The van der Waals surface area contributed by atoms with E-state index in [9.17, 15) is 0 Å². The molecule has 3 fully saturated rings. The number of hydrogen-bond donors (Lipinski definition) is 1. The number of nitrogens with one attached hydrogen (secondary N) is 1. The number of nitrogens with zero attached hydrogens (tertiary/aromatic N) is 1. The quantitative estimate of drug-likeness (QED) is 0.828. The van der Waals surface area contributed by atoms with Gasteiger partial charge >= 0.3 is 0 Å². The zero-order valence-electron chi connectivity index (χ0n) is 11.9. The van der Waals surface area contributed by atoms with E-state index in [1.54, 1.807) is 0 Å². The Kier molecular flexibility index (Phi) is 4.58. The first kappa shape index (κ1) is 12.9. The van der Waals surface area contributed by atoms with Crippen molar-refractivity contribution in [3.63, 3.8) is 0 Å². The second kappa shape index (κ2) is 6.38. The van der Waals surface area contributed by atoms with E-state index in [1.165, 1.54) is 84.0 Å². The minimum Gasteiger partial charge on any atom is -0.311 e. The van der Waals surface area contributed by atoms with Gasteiger partial charge in [-0.1, -0.05) is 32.1 Å². The Morgan fingerprint density at radius 1 is 0.889 bits per heavy atom. The van der Waals surface area contributed by atoms with E-state index in [2.05, 4.69) is 10.2 Å². The standard InChI is InChI=1S/C16H30N2/c1-2-8-15(9-3-1)16-13-18(11-10-17-16)12-14-6-4-5-7-14/h14-17H,1-13H2. The molecule has 3 rings (SSSR count). The first-order valence-corrected chi connectivity index (χ1v) is 8.37. The number of piperazine rings is 1. The number of rotatable bonds is 3. The second-order valence-corrected chi connectivity index (χ2v) is 6.87. The van der Waals surface area contributed by atoms with Crippen LogP contribution in [0.15, 0.2) is 0 Å². The summed E-state index contributed by atoms with van der Waals surface area (Å²) in [5, 5.41) is 3.80. The molecule has 18 heavy (non-hydrogen) atoms. The van der Waals surface area contributed by atoms with Crippen molar-refractivity contribution in [1.82, 2.24) is 10.2 Å². The summed E-state index contributed by atoms with van der Waals surface area (Å²) in [5.74, 6) is 2.00. The Hall–Kier alpha value is -0.0800. The Balaban J connectivity index is 1.47. The monoisotopic (exact) mass is 250 g/mol. The minimum atomic E-state index is 0.806. The molecule has 2 saturated carbocycles. The van der Waals surface area contributed by atoms with Gasteiger partial charge in [-0.25, -0.2) is 0 Å². The lowest BCUT2D eigenvalue weighted by atomic mass is 9.83. The fourth-order valence-corrected chi connectivity index (χ4v) is 4.42. The first-order chi connectivity index (χ1) is 8.92. The maximum atomic E-state index is 3.80. The third-order valence-corrected chi connectivity index (χ3v) is 5.50.